The van der Waals surface area contributed by atoms with Crippen LogP contribution in [-0.4, -0.2) is 0 Å². The fraction of sp³-hybridized carbons (Fsp3) is 0.0714. The van der Waals surface area contributed by atoms with Gasteiger partial charge < -0.3 is 5.32 Å². The summed E-state index contributed by atoms with van der Waals surface area (Å²) in [5, 5.41) is 12.6. The van der Waals surface area contributed by atoms with Gasteiger partial charge in [0.1, 0.15) is 5.82 Å². The predicted octanol–water partition coefficient (Wildman–Crippen LogP) is 4.62. The maximum absolute atomic E-state index is 13.7. The van der Waals surface area contributed by atoms with Gasteiger partial charge in [-0.05, 0) is 30.3 Å². The zero-order valence-corrected chi connectivity index (χ0v) is 11.3. The zero-order chi connectivity index (χ0) is 13.8. The maximum Gasteiger partial charge on any atom is 0.147 e. The zero-order valence-electron chi connectivity index (χ0n) is 9.75. The Morgan fingerprint density at radius 1 is 1.16 bits per heavy atom. The van der Waals surface area contributed by atoms with E-state index in [-0.39, 0.29) is 5.56 Å². The highest BCUT2D eigenvalue weighted by Crippen LogP contribution is 2.25. The molecular formula is C14H9Cl2FN2. The third-order valence-corrected chi connectivity index (χ3v) is 3.32. The lowest BCUT2D eigenvalue weighted by atomic mass is 10.2. The monoisotopic (exact) mass is 294 g/mol. The molecule has 0 saturated carbocycles. The molecule has 0 fully saturated rings. The summed E-state index contributed by atoms with van der Waals surface area (Å²) >= 11 is 12.0. The van der Waals surface area contributed by atoms with E-state index in [2.05, 4.69) is 5.32 Å². The second kappa shape index (κ2) is 5.92. The number of nitriles is 1. The van der Waals surface area contributed by atoms with Crippen LogP contribution < -0.4 is 5.32 Å². The minimum atomic E-state index is -0.484. The SMILES string of the molecule is N#Cc1ccc(NCc2c(Cl)cccc2Cl)c(F)c1. The van der Waals surface area contributed by atoms with Crippen molar-refractivity contribution < 1.29 is 4.39 Å². The average Bonchev–Trinajstić information content (AvgIpc) is 2.39. The molecule has 2 aromatic rings. The topological polar surface area (TPSA) is 35.8 Å². The van der Waals surface area contributed by atoms with Gasteiger partial charge in [0, 0.05) is 22.2 Å². The number of hydrogen-bond donors (Lipinski definition) is 1. The van der Waals surface area contributed by atoms with Crippen LogP contribution in [0.25, 0.3) is 0 Å². The van der Waals surface area contributed by atoms with Crippen molar-refractivity contribution in [3.63, 3.8) is 0 Å². The fourth-order valence-corrected chi connectivity index (χ4v) is 2.14. The summed E-state index contributed by atoms with van der Waals surface area (Å²) in [6.45, 7) is 0.307. The van der Waals surface area contributed by atoms with E-state index >= 15 is 0 Å². The van der Waals surface area contributed by atoms with E-state index in [1.165, 1.54) is 12.1 Å². The Bertz CT molecular complexity index is 630. The van der Waals surface area contributed by atoms with Gasteiger partial charge in [-0.15, -0.1) is 0 Å². The molecule has 0 aliphatic carbocycles. The molecule has 1 N–H and O–H groups in total. The van der Waals surface area contributed by atoms with E-state index in [9.17, 15) is 4.39 Å². The van der Waals surface area contributed by atoms with Crippen LogP contribution >= 0.6 is 23.2 Å². The lowest BCUT2D eigenvalue weighted by Gasteiger charge is -2.10. The summed E-state index contributed by atoms with van der Waals surface area (Å²) in [6, 6.07) is 11.3. The molecule has 2 rings (SSSR count). The molecule has 0 bridgehead atoms. The Kier molecular flexibility index (Phi) is 4.26. The van der Waals surface area contributed by atoms with Crippen LogP contribution in [0.1, 0.15) is 11.1 Å². The second-order valence-electron chi connectivity index (χ2n) is 3.86. The molecule has 0 aliphatic heterocycles. The van der Waals surface area contributed by atoms with Crippen LogP contribution in [-0.2, 0) is 6.54 Å². The van der Waals surface area contributed by atoms with Crippen LogP contribution in [0, 0.1) is 17.1 Å². The minimum absolute atomic E-state index is 0.277. The summed E-state index contributed by atoms with van der Waals surface area (Å²) in [4.78, 5) is 0. The van der Waals surface area contributed by atoms with E-state index in [0.717, 1.165) is 0 Å². The van der Waals surface area contributed by atoms with Crippen LogP contribution in [0.2, 0.25) is 10.0 Å². The van der Waals surface area contributed by atoms with Gasteiger partial charge in [-0.2, -0.15) is 5.26 Å². The Morgan fingerprint density at radius 2 is 1.84 bits per heavy atom. The average molecular weight is 295 g/mol. The molecular weight excluding hydrogens is 286 g/mol. The molecule has 0 saturated heterocycles. The Morgan fingerprint density at radius 3 is 2.42 bits per heavy atom. The van der Waals surface area contributed by atoms with Crippen molar-refractivity contribution in [3.05, 3.63) is 63.4 Å². The van der Waals surface area contributed by atoms with Crippen molar-refractivity contribution in [1.29, 1.82) is 5.26 Å². The molecule has 0 aliphatic rings. The first-order valence-electron chi connectivity index (χ1n) is 5.48. The molecule has 2 aromatic carbocycles. The highest BCUT2D eigenvalue weighted by molar-refractivity contribution is 6.36. The molecule has 0 unspecified atom stereocenters. The molecule has 0 amide bonds. The quantitative estimate of drug-likeness (QED) is 0.897. The molecule has 0 atom stereocenters. The maximum atomic E-state index is 13.7. The highest BCUT2D eigenvalue weighted by atomic mass is 35.5. The number of anilines is 1. The van der Waals surface area contributed by atoms with Gasteiger partial charge in [-0.3, -0.25) is 0 Å². The van der Waals surface area contributed by atoms with E-state index in [1.807, 2.05) is 6.07 Å². The summed E-state index contributed by atoms with van der Waals surface area (Å²) in [6.07, 6.45) is 0. The lowest BCUT2D eigenvalue weighted by Crippen LogP contribution is -2.03. The summed E-state index contributed by atoms with van der Waals surface area (Å²) in [7, 11) is 0. The van der Waals surface area contributed by atoms with Gasteiger partial charge >= 0.3 is 0 Å². The van der Waals surface area contributed by atoms with Crippen LogP contribution in [0.15, 0.2) is 36.4 Å². The van der Waals surface area contributed by atoms with Crippen molar-refractivity contribution >= 4 is 28.9 Å². The smallest absolute Gasteiger partial charge is 0.147 e. The van der Waals surface area contributed by atoms with Crippen LogP contribution in [0.3, 0.4) is 0 Å². The fourth-order valence-electron chi connectivity index (χ4n) is 1.61. The number of nitrogens with one attached hydrogen (secondary N) is 1. The van der Waals surface area contributed by atoms with Crippen molar-refractivity contribution in [2.24, 2.45) is 0 Å². The van der Waals surface area contributed by atoms with Crippen molar-refractivity contribution in [2.75, 3.05) is 5.32 Å². The third kappa shape index (κ3) is 3.17. The Labute approximate surface area is 120 Å². The van der Waals surface area contributed by atoms with Gasteiger partial charge in [0.2, 0.25) is 0 Å². The molecule has 96 valence electrons. The van der Waals surface area contributed by atoms with Gasteiger partial charge in [-0.25, -0.2) is 4.39 Å². The number of benzene rings is 2. The second-order valence-corrected chi connectivity index (χ2v) is 4.67. The van der Waals surface area contributed by atoms with E-state index in [0.29, 0.717) is 27.8 Å². The van der Waals surface area contributed by atoms with Crippen LogP contribution in [0.4, 0.5) is 10.1 Å². The van der Waals surface area contributed by atoms with E-state index in [1.54, 1.807) is 24.3 Å². The van der Waals surface area contributed by atoms with E-state index in [4.69, 9.17) is 28.5 Å². The first-order valence-corrected chi connectivity index (χ1v) is 6.24. The van der Waals surface area contributed by atoms with Gasteiger partial charge in [0.25, 0.3) is 0 Å². The minimum Gasteiger partial charge on any atom is -0.378 e. The van der Waals surface area contributed by atoms with Gasteiger partial charge in [0.15, 0.2) is 0 Å². The highest BCUT2D eigenvalue weighted by Gasteiger charge is 2.07. The Hall–Kier alpha value is -1.76. The summed E-state index contributed by atoms with van der Waals surface area (Å²) < 4.78 is 13.7. The van der Waals surface area contributed by atoms with Crippen LogP contribution in [0.5, 0.6) is 0 Å². The molecule has 0 radical (unpaired) electrons. The first kappa shape index (κ1) is 13.7. The standard InChI is InChI=1S/C14H9Cl2FN2/c15-11-2-1-3-12(16)10(11)8-19-14-5-4-9(7-18)6-13(14)17/h1-6,19H,8H2. The summed E-state index contributed by atoms with van der Waals surface area (Å²) in [5.74, 6) is -0.484. The first-order chi connectivity index (χ1) is 9.11. The molecule has 2 nitrogen and oxygen atoms in total. The largest absolute Gasteiger partial charge is 0.378 e. The van der Waals surface area contributed by atoms with E-state index < -0.39 is 5.82 Å². The number of hydrogen-bond acceptors (Lipinski definition) is 2. The van der Waals surface area contributed by atoms with Crippen molar-refractivity contribution in [2.45, 2.75) is 6.54 Å². The Balaban J connectivity index is 2.17. The van der Waals surface area contributed by atoms with Crippen molar-refractivity contribution in [1.82, 2.24) is 0 Å². The molecule has 0 heterocycles. The number of nitrogens with zero attached hydrogens (tertiary/aromatic N) is 1. The molecule has 19 heavy (non-hydrogen) atoms. The van der Waals surface area contributed by atoms with Crippen molar-refractivity contribution in [3.8, 4) is 6.07 Å². The summed E-state index contributed by atoms with van der Waals surface area (Å²) in [5.41, 5.74) is 1.28. The molecule has 5 heteroatoms. The molecule has 0 spiro atoms. The van der Waals surface area contributed by atoms with Gasteiger partial charge in [-0.1, -0.05) is 29.3 Å². The predicted molar refractivity (Wildman–Crippen MR) is 74.9 cm³/mol. The lowest BCUT2D eigenvalue weighted by molar-refractivity contribution is 0.629. The number of rotatable bonds is 3. The van der Waals surface area contributed by atoms with Gasteiger partial charge in [0.05, 0.1) is 17.3 Å². The normalized spacial score (nSPS) is 10.0. The number of halogens is 3. The third-order valence-electron chi connectivity index (χ3n) is 2.62. The molecule has 0 aromatic heterocycles.